The number of para-hydroxylation sites is 1. The first kappa shape index (κ1) is 19.9. The number of sulfone groups is 1. The zero-order chi connectivity index (χ0) is 19.4. The molecule has 9 heteroatoms. The van der Waals surface area contributed by atoms with Crippen LogP contribution in [-0.4, -0.2) is 47.8 Å². The van der Waals surface area contributed by atoms with Gasteiger partial charge in [-0.05, 0) is 38.3 Å². The zero-order valence-electron chi connectivity index (χ0n) is 15.4. The maximum absolute atomic E-state index is 12.8. The van der Waals surface area contributed by atoms with E-state index >= 15 is 0 Å². The highest BCUT2D eigenvalue weighted by molar-refractivity contribution is 8.00. The van der Waals surface area contributed by atoms with Crippen molar-refractivity contribution in [1.82, 2.24) is 10.2 Å². The van der Waals surface area contributed by atoms with E-state index in [0.29, 0.717) is 30.5 Å². The molecule has 1 amide bonds. The van der Waals surface area contributed by atoms with Crippen molar-refractivity contribution in [2.45, 2.75) is 37.2 Å². The summed E-state index contributed by atoms with van der Waals surface area (Å²) in [6, 6.07) is 9.52. The molecule has 0 saturated carbocycles. The van der Waals surface area contributed by atoms with Crippen LogP contribution in [0.4, 0.5) is 5.69 Å². The average molecular weight is 410 g/mol. The molecule has 1 saturated heterocycles. The van der Waals surface area contributed by atoms with Gasteiger partial charge in [-0.1, -0.05) is 30.0 Å². The molecular formula is C18H23N3O4S2. The lowest BCUT2D eigenvalue weighted by Gasteiger charge is -2.23. The Kier molecular flexibility index (Phi) is 6.21. The summed E-state index contributed by atoms with van der Waals surface area (Å²) in [5, 5.41) is 7.95. The van der Waals surface area contributed by atoms with Crippen LogP contribution in [-0.2, 0) is 21.1 Å². The Bertz CT molecular complexity index is 883. The van der Waals surface area contributed by atoms with Gasteiger partial charge in [0.05, 0.1) is 16.8 Å². The van der Waals surface area contributed by atoms with E-state index in [1.807, 2.05) is 44.2 Å². The number of hydrogen-bond donors (Lipinski definition) is 0. The van der Waals surface area contributed by atoms with Gasteiger partial charge in [-0.15, -0.1) is 10.2 Å². The second-order valence-electron chi connectivity index (χ2n) is 6.61. The first-order valence-corrected chi connectivity index (χ1v) is 11.6. The van der Waals surface area contributed by atoms with Gasteiger partial charge in [0.1, 0.15) is 0 Å². The molecule has 0 radical (unpaired) electrons. The summed E-state index contributed by atoms with van der Waals surface area (Å²) in [4.78, 5) is 14.5. The van der Waals surface area contributed by atoms with Crippen LogP contribution in [0, 0.1) is 5.92 Å². The van der Waals surface area contributed by atoms with Crippen molar-refractivity contribution in [1.29, 1.82) is 0 Å². The maximum Gasteiger partial charge on any atom is 0.277 e. The van der Waals surface area contributed by atoms with Crippen LogP contribution in [0.2, 0.25) is 0 Å². The fourth-order valence-electron chi connectivity index (χ4n) is 3.14. The third kappa shape index (κ3) is 5.10. The summed E-state index contributed by atoms with van der Waals surface area (Å²) in [6.45, 7) is 4.31. The minimum atomic E-state index is -2.92. The molecule has 2 unspecified atom stereocenters. The summed E-state index contributed by atoms with van der Waals surface area (Å²) in [7, 11) is -2.92. The monoisotopic (exact) mass is 409 g/mol. The van der Waals surface area contributed by atoms with Crippen molar-refractivity contribution >= 4 is 33.2 Å². The number of hydrogen-bond acceptors (Lipinski definition) is 7. The van der Waals surface area contributed by atoms with Gasteiger partial charge in [0.2, 0.25) is 11.8 Å². The smallest absolute Gasteiger partial charge is 0.277 e. The molecule has 7 nitrogen and oxygen atoms in total. The van der Waals surface area contributed by atoms with Gasteiger partial charge >= 0.3 is 0 Å². The van der Waals surface area contributed by atoms with E-state index in [1.54, 1.807) is 4.90 Å². The lowest BCUT2D eigenvalue weighted by Crippen LogP contribution is -2.36. The first-order chi connectivity index (χ1) is 12.9. The van der Waals surface area contributed by atoms with Crippen molar-refractivity contribution < 1.29 is 17.6 Å². The minimum Gasteiger partial charge on any atom is -0.416 e. The highest BCUT2D eigenvalue weighted by Crippen LogP contribution is 2.27. The van der Waals surface area contributed by atoms with Crippen LogP contribution in [0.25, 0.3) is 0 Å². The molecule has 0 N–H and O–H groups in total. The molecule has 3 rings (SSSR count). The Hall–Kier alpha value is -1.87. The maximum atomic E-state index is 12.8. The lowest BCUT2D eigenvalue weighted by atomic mass is 10.1. The molecule has 27 heavy (non-hydrogen) atoms. The highest BCUT2D eigenvalue weighted by Gasteiger charge is 2.30. The van der Waals surface area contributed by atoms with E-state index in [0.717, 1.165) is 5.69 Å². The Morgan fingerprint density at radius 1 is 1.33 bits per heavy atom. The second kappa shape index (κ2) is 8.43. The minimum absolute atomic E-state index is 0.0287. The van der Waals surface area contributed by atoms with Gasteiger partial charge in [-0.2, -0.15) is 0 Å². The molecule has 1 aromatic heterocycles. The molecule has 0 bridgehead atoms. The number of amides is 1. The molecular weight excluding hydrogens is 386 g/mol. The van der Waals surface area contributed by atoms with Crippen molar-refractivity contribution in [3.63, 3.8) is 0 Å². The van der Waals surface area contributed by atoms with Crippen LogP contribution in [0.15, 0.2) is 40.0 Å². The van der Waals surface area contributed by atoms with Crippen LogP contribution in [0.5, 0.6) is 0 Å². The fraction of sp³-hybridized carbons (Fsp3) is 0.500. The predicted molar refractivity (Wildman–Crippen MR) is 105 cm³/mol. The standard InChI is InChI=1S/C18H23N3O4S2/c1-3-21(15-7-5-4-6-8-15)17(22)13(2)26-18-20-19-16(25-18)11-14-9-10-27(23,24)12-14/h4-8,13-14H,3,9-12H2,1-2H3. The molecule has 2 aromatic rings. The SMILES string of the molecule is CCN(C(=O)C(C)Sc1nnc(CC2CCS(=O)(=O)C2)o1)c1ccccc1. The number of thioether (sulfide) groups is 1. The highest BCUT2D eigenvalue weighted by atomic mass is 32.2. The second-order valence-corrected chi connectivity index (χ2v) is 10.1. The predicted octanol–water partition coefficient (Wildman–Crippen LogP) is 2.58. The summed E-state index contributed by atoms with van der Waals surface area (Å²) in [5.74, 6) is 0.826. The van der Waals surface area contributed by atoms with E-state index in [-0.39, 0.29) is 28.6 Å². The topological polar surface area (TPSA) is 93.4 Å². The number of rotatable bonds is 7. The van der Waals surface area contributed by atoms with E-state index in [4.69, 9.17) is 4.42 Å². The summed E-state index contributed by atoms with van der Waals surface area (Å²) in [6.07, 6.45) is 1.09. The van der Waals surface area contributed by atoms with Crippen LogP contribution in [0.3, 0.4) is 0 Å². The molecule has 0 aliphatic carbocycles. The van der Waals surface area contributed by atoms with Gasteiger partial charge in [0.25, 0.3) is 5.22 Å². The Balaban J connectivity index is 1.60. The van der Waals surface area contributed by atoms with Crippen LogP contribution >= 0.6 is 11.8 Å². The molecule has 1 aliphatic rings. The van der Waals surface area contributed by atoms with E-state index in [9.17, 15) is 13.2 Å². The van der Waals surface area contributed by atoms with Gasteiger partial charge in [-0.3, -0.25) is 4.79 Å². The summed E-state index contributed by atoms with van der Waals surface area (Å²) < 4.78 is 28.7. The third-order valence-corrected chi connectivity index (χ3v) is 7.27. The van der Waals surface area contributed by atoms with Gasteiger partial charge in [-0.25, -0.2) is 8.42 Å². The average Bonchev–Trinajstić information content (AvgIpc) is 3.22. The fourth-order valence-corrected chi connectivity index (χ4v) is 5.77. The Morgan fingerprint density at radius 3 is 2.70 bits per heavy atom. The van der Waals surface area contributed by atoms with Gasteiger partial charge in [0, 0.05) is 18.7 Å². The van der Waals surface area contributed by atoms with Gasteiger partial charge < -0.3 is 9.32 Å². The largest absolute Gasteiger partial charge is 0.416 e. The summed E-state index contributed by atoms with van der Waals surface area (Å²) in [5.41, 5.74) is 0.853. The van der Waals surface area contributed by atoms with Crippen molar-refractivity contribution in [2.75, 3.05) is 23.0 Å². The van der Waals surface area contributed by atoms with Crippen LogP contribution in [0.1, 0.15) is 26.2 Å². The van der Waals surface area contributed by atoms with Crippen molar-refractivity contribution in [3.05, 3.63) is 36.2 Å². The number of aromatic nitrogens is 2. The van der Waals surface area contributed by atoms with E-state index in [2.05, 4.69) is 10.2 Å². The third-order valence-electron chi connectivity index (χ3n) is 4.51. The molecule has 1 fully saturated rings. The van der Waals surface area contributed by atoms with Crippen molar-refractivity contribution in [3.8, 4) is 0 Å². The lowest BCUT2D eigenvalue weighted by molar-refractivity contribution is -0.117. The summed E-state index contributed by atoms with van der Waals surface area (Å²) >= 11 is 1.22. The van der Waals surface area contributed by atoms with E-state index < -0.39 is 9.84 Å². The first-order valence-electron chi connectivity index (χ1n) is 8.94. The quantitative estimate of drug-likeness (QED) is 0.649. The number of carbonyl (C=O) groups is 1. The van der Waals surface area contributed by atoms with Gasteiger partial charge in [0.15, 0.2) is 9.84 Å². The molecule has 1 aromatic carbocycles. The number of benzene rings is 1. The molecule has 0 spiro atoms. The number of carbonyl (C=O) groups excluding carboxylic acids is 1. The van der Waals surface area contributed by atoms with E-state index in [1.165, 1.54) is 11.8 Å². The normalized spacial score (nSPS) is 19.7. The molecule has 146 valence electrons. The van der Waals surface area contributed by atoms with Crippen LogP contribution < -0.4 is 4.90 Å². The Morgan fingerprint density at radius 2 is 2.07 bits per heavy atom. The molecule has 2 heterocycles. The zero-order valence-corrected chi connectivity index (χ0v) is 17.0. The number of anilines is 1. The molecule has 2 atom stereocenters. The van der Waals surface area contributed by atoms with Crippen molar-refractivity contribution in [2.24, 2.45) is 5.92 Å². The molecule has 1 aliphatic heterocycles. The number of nitrogens with zero attached hydrogens (tertiary/aromatic N) is 3. The Labute approximate surface area is 163 Å².